The fraction of sp³-hybridized carbons (Fsp3) is 1.00. The van der Waals surface area contributed by atoms with E-state index in [1.807, 2.05) is 0 Å². The molecule has 1 aliphatic rings. The fourth-order valence-electron chi connectivity index (χ4n) is 3.00. The topological polar surface area (TPSA) is 15.3 Å². The Hall–Kier alpha value is -0.0800. The molecule has 1 heterocycles. The summed E-state index contributed by atoms with van der Waals surface area (Å²) in [5.74, 6) is 0. The van der Waals surface area contributed by atoms with Crippen LogP contribution >= 0.6 is 0 Å². The highest BCUT2D eigenvalue weighted by atomic mass is 15.2. The van der Waals surface area contributed by atoms with E-state index < -0.39 is 0 Å². The molecule has 1 N–H and O–H groups in total. The zero-order valence-electron chi connectivity index (χ0n) is 13.1. The first-order valence-electron chi connectivity index (χ1n) is 8.04. The second-order valence-electron chi connectivity index (χ2n) is 6.70. The Balaban J connectivity index is 2.45. The summed E-state index contributed by atoms with van der Waals surface area (Å²) in [6.45, 7) is 14.4. The third-order valence-corrected chi connectivity index (χ3v) is 4.32. The first-order valence-corrected chi connectivity index (χ1v) is 8.04. The van der Waals surface area contributed by atoms with E-state index in [0.717, 1.165) is 6.04 Å². The lowest BCUT2D eigenvalue weighted by Gasteiger charge is -2.31. The molecule has 0 radical (unpaired) electrons. The minimum Gasteiger partial charge on any atom is -0.315 e. The largest absolute Gasteiger partial charge is 0.315 e. The van der Waals surface area contributed by atoms with Gasteiger partial charge in [0.05, 0.1) is 0 Å². The van der Waals surface area contributed by atoms with E-state index in [4.69, 9.17) is 0 Å². The summed E-state index contributed by atoms with van der Waals surface area (Å²) in [7, 11) is 0. The van der Waals surface area contributed by atoms with Gasteiger partial charge in [0.2, 0.25) is 0 Å². The maximum absolute atomic E-state index is 3.62. The molecule has 0 bridgehead atoms. The van der Waals surface area contributed by atoms with Crippen LogP contribution in [0.4, 0.5) is 0 Å². The van der Waals surface area contributed by atoms with Gasteiger partial charge in [0.15, 0.2) is 0 Å². The minimum absolute atomic E-state index is 0.558. The van der Waals surface area contributed by atoms with Crippen molar-refractivity contribution in [3.05, 3.63) is 0 Å². The Bertz CT molecular complexity index is 213. The lowest BCUT2D eigenvalue weighted by molar-refractivity contribution is 0.180. The van der Waals surface area contributed by atoms with Gasteiger partial charge in [-0.3, -0.25) is 4.90 Å². The number of hydrogen-bond donors (Lipinski definition) is 1. The molecule has 2 nitrogen and oxygen atoms in total. The van der Waals surface area contributed by atoms with Crippen LogP contribution in [0.3, 0.4) is 0 Å². The number of nitrogens with one attached hydrogen (secondary N) is 1. The maximum Gasteiger partial charge on any atom is 0.0220 e. The average molecular weight is 254 g/mol. The number of likely N-dealkylation sites (tertiary alicyclic amines) is 1. The van der Waals surface area contributed by atoms with Crippen LogP contribution < -0.4 is 5.32 Å². The lowest BCUT2D eigenvalue weighted by atomic mass is 9.85. The molecule has 1 rings (SSSR count). The standard InChI is InChI=1S/C16H34N2/c1-5-8-15(14-17-11-6-2)18-12-7-9-16(3,4)10-13-18/h15,17H,5-14H2,1-4H3. The van der Waals surface area contributed by atoms with Crippen LogP contribution in [0.2, 0.25) is 0 Å². The van der Waals surface area contributed by atoms with Crippen molar-refractivity contribution in [2.45, 2.75) is 72.3 Å². The van der Waals surface area contributed by atoms with E-state index >= 15 is 0 Å². The van der Waals surface area contributed by atoms with Gasteiger partial charge in [-0.2, -0.15) is 0 Å². The summed E-state index contributed by atoms with van der Waals surface area (Å²) in [5, 5.41) is 3.62. The second kappa shape index (κ2) is 8.16. The zero-order chi connectivity index (χ0) is 13.4. The Kier molecular flexibility index (Phi) is 7.25. The van der Waals surface area contributed by atoms with E-state index in [0.29, 0.717) is 5.41 Å². The average Bonchev–Trinajstić information content (AvgIpc) is 2.49. The number of nitrogens with zero attached hydrogens (tertiary/aromatic N) is 1. The summed E-state index contributed by atoms with van der Waals surface area (Å²) in [4.78, 5) is 2.75. The third kappa shape index (κ3) is 5.71. The Morgan fingerprint density at radius 3 is 2.56 bits per heavy atom. The van der Waals surface area contributed by atoms with E-state index in [2.05, 4.69) is 37.9 Å². The monoisotopic (exact) mass is 254 g/mol. The second-order valence-corrected chi connectivity index (χ2v) is 6.70. The van der Waals surface area contributed by atoms with Crippen molar-refractivity contribution in [3.63, 3.8) is 0 Å². The van der Waals surface area contributed by atoms with Crippen LogP contribution in [0.25, 0.3) is 0 Å². The van der Waals surface area contributed by atoms with Gasteiger partial charge in [-0.1, -0.05) is 34.1 Å². The number of hydrogen-bond acceptors (Lipinski definition) is 2. The van der Waals surface area contributed by atoms with Crippen molar-refractivity contribution in [1.82, 2.24) is 10.2 Å². The molecular formula is C16H34N2. The first kappa shape index (κ1) is 16.0. The highest BCUT2D eigenvalue weighted by molar-refractivity contribution is 4.81. The first-order chi connectivity index (χ1) is 8.59. The third-order valence-electron chi connectivity index (χ3n) is 4.32. The smallest absolute Gasteiger partial charge is 0.0220 e. The summed E-state index contributed by atoms with van der Waals surface area (Å²) in [5.41, 5.74) is 0.558. The normalized spacial score (nSPS) is 22.7. The molecule has 0 aliphatic carbocycles. The molecule has 1 atom stereocenters. The van der Waals surface area contributed by atoms with E-state index in [1.54, 1.807) is 0 Å². The van der Waals surface area contributed by atoms with E-state index in [-0.39, 0.29) is 0 Å². The quantitative estimate of drug-likeness (QED) is 0.697. The molecule has 108 valence electrons. The highest BCUT2D eigenvalue weighted by Crippen LogP contribution is 2.30. The molecule has 0 saturated carbocycles. The Labute approximate surface area is 115 Å². The summed E-state index contributed by atoms with van der Waals surface area (Å²) in [6.07, 6.45) is 8.02. The molecule has 0 spiro atoms. The van der Waals surface area contributed by atoms with Gasteiger partial charge in [0.1, 0.15) is 0 Å². The summed E-state index contributed by atoms with van der Waals surface area (Å²) >= 11 is 0. The molecule has 1 unspecified atom stereocenters. The SMILES string of the molecule is CCCNCC(CCC)N1CCCC(C)(C)CC1. The Morgan fingerprint density at radius 1 is 1.11 bits per heavy atom. The molecule has 0 aromatic rings. The van der Waals surface area contributed by atoms with Crippen molar-refractivity contribution < 1.29 is 0 Å². The molecule has 0 amide bonds. The van der Waals surface area contributed by atoms with Gasteiger partial charge < -0.3 is 5.32 Å². The molecule has 0 aromatic carbocycles. The molecule has 1 saturated heterocycles. The molecule has 0 aromatic heterocycles. The number of rotatable bonds is 7. The lowest BCUT2D eigenvalue weighted by Crippen LogP contribution is -2.43. The summed E-state index contributed by atoms with van der Waals surface area (Å²) < 4.78 is 0. The van der Waals surface area contributed by atoms with Crippen molar-refractivity contribution >= 4 is 0 Å². The van der Waals surface area contributed by atoms with Crippen LogP contribution in [-0.4, -0.2) is 37.1 Å². The van der Waals surface area contributed by atoms with Crippen LogP contribution in [0.1, 0.15) is 66.2 Å². The van der Waals surface area contributed by atoms with Crippen molar-refractivity contribution in [1.29, 1.82) is 0 Å². The van der Waals surface area contributed by atoms with Gasteiger partial charge in [0.25, 0.3) is 0 Å². The van der Waals surface area contributed by atoms with Crippen molar-refractivity contribution in [3.8, 4) is 0 Å². The highest BCUT2D eigenvalue weighted by Gasteiger charge is 2.26. The molecule has 18 heavy (non-hydrogen) atoms. The fourth-order valence-corrected chi connectivity index (χ4v) is 3.00. The zero-order valence-corrected chi connectivity index (χ0v) is 13.1. The summed E-state index contributed by atoms with van der Waals surface area (Å²) in [6, 6.07) is 0.760. The van der Waals surface area contributed by atoms with Crippen LogP contribution in [-0.2, 0) is 0 Å². The van der Waals surface area contributed by atoms with Crippen LogP contribution in [0.15, 0.2) is 0 Å². The minimum atomic E-state index is 0.558. The molecule has 2 heteroatoms. The Morgan fingerprint density at radius 2 is 1.89 bits per heavy atom. The van der Waals surface area contributed by atoms with E-state index in [1.165, 1.54) is 64.7 Å². The van der Waals surface area contributed by atoms with Crippen LogP contribution in [0.5, 0.6) is 0 Å². The van der Waals surface area contributed by atoms with E-state index in [9.17, 15) is 0 Å². The van der Waals surface area contributed by atoms with Crippen molar-refractivity contribution in [2.75, 3.05) is 26.2 Å². The predicted molar refractivity (Wildman–Crippen MR) is 81.1 cm³/mol. The maximum atomic E-state index is 3.62. The van der Waals surface area contributed by atoms with Gasteiger partial charge >= 0.3 is 0 Å². The molecule has 1 aliphatic heterocycles. The van der Waals surface area contributed by atoms with Crippen LogP contribution in [0, 0.1) is 5.41 Å². The van der Waals surface area contributed by atoms with Gasteiger partial charge in [-0.25, -0.2) is 0 Å². The van der Waals surface area contributed by atoms with Crippen molar-refractivity contribution in [2.24, 2.45) is 5.41 Å². The molecular weight excluding hydrogens is 220 g/mol. The van der Waals surface area contributed by atoms with Gasteiger partial charge in [0, 0.05) is 12.6 Å². The molecule has 1 fully saturated rings. The predicted octanol–water partition coefficient (Wildman–Crippen LogP) is 3.67. The van der Waals surface area contributed by atoms with Gasteiger partial charge in [-0.15, -0.1) is 0 Å². The van der Waals surface area contributed by atoms with Gasteiger partial charge in [-0.05, 0) is 57.2 Å².